The fourth-order valence-corrected chi connectivity index (χ4v) is 3.14. The van der Waals surface area contributed by atoms with Gasteiger partial charge in [-0.1, -0.05) is 0 Å². The molecule has 142 valence electrons. The number of nitrogens with zero attached hydrogens (tertiary/aromatic N) is 5. The first-order valence-electron chi connectivity index (χ1n) is 8.03. The van der Waals surface area contributed by atoms with Crippen LogP contribution in [-0.4, -0.2) is 29.4 Å². The number of aryl methyl sites for hydroxylation is 1. The second-order valence-electron chi connectivity index (χ2n) is 6.03. The molecule has 0 saturated carbocycles. The normalized spacial score (nSPS) is 11.3. The molecule has 0 amide bonds. The SMILES string of the molecule is Cc1nc(-c2cn3c(Br)cnc3c(Cc3cc(F)ccc3F)n2)nc(O)c1F. The number of benzene rings is 1. The van der Waals surface area contributed by atoms with Crippen LogP contribution in [0.2, 0.25) is 0 Å². The van der Waals surface area contributed by atoms with E-state index in [1.54, 1.807) is 10.6 Å². The average Bonchev–Trinajstić information content (AvgIpc) is 3.03. The maximum atomic E-state index is 14.1. The highest BCUT2D eigenvalue weighted by atomic mass is 79.9. The molecular weight excluding hydrogens is 439 g/mol. The zero-order chi connectivity index (χ0) is 20.0. The number of aromatic hydroxyl groups is 1. The predicted octanol–water partition coefficient (Wildman–Crippen LogP) is 3.97. The molecule has 10 heteroatoms. The highest BCUT2D eigenvalue weighted by Gasteiger charge is 2.18. The monoisotopic (exact) mass is 449 g/mol. The Balaban J connectivity index is 1.90. The second-order valence-corrected chi connectivity index (χ2v) is 6.84. The molecule has 1 aromatic carbocycles. The van der Waals surface area contributed by atoms with Crippen molar-refractivity contribution in [3.05, 3.63) is 69.6 Å². The maximum absolute atomic E-state index is 14.1. The van der Waals surface area contributed by atoms with Gasteiger partial charge in [-0.05, 0) is 46.6 Å². The fourth-order valence-electron chi connectivity index (χ4n) is 2.77. The van der Waals surface area contributed by atoms with Crippen LogP contribution in [0.15, 0.2) is 35.2 Å². The molecule has 4 rings (SSSR count). The maximum Gasteiger partial charge on any atom is 0.251 e. The lowest BCUT2D eigenvalue weighted by Gasteiger charge is -2.09. The minimum atomic E-state index is -0.921. The van der Waals surface area contributed by atoms with Gasteiger partial charge in [-0.3, -0.25) is 4.40 Å². The van der Waals surface area contributed by atoms with Crippen molar-refractivity contribution in [2.24, 2.45) is 0 Å². The Bertz CT molecular complexity index is 1200. The van der Waals surface area contributed by atoms with Gasteiger partial charge in [0.05, 0.1) is 17.6 Å². The summed E-state index contributed by atoms with van der Waals surface area (Å²) >= 11 is 3.35. The molecule has 0 saturated heterocycles. The summed E-state index contributed by atoms with van der Waals surface area (Å²) in [6, 6.07) is 3.16. The Morgan fingerprint density at radius 1 is 1.14 bits per heavy atom. The highest BCUT2D eigenvalue weighted by Crippen LogP contribution is 2.25. The van der Waals surface area contributed by atoms with E-state index in [4.69, 9.17) is 0 Å². The van der Waals surface area contributed by atoms with Crippen molar-refractivity contribution >= 4 is 21.6 Å². The summed E-state index contributed by atoms with van der Waals surface area (Å²) in [6.45, 7) is 1.38. The molecule has 28 heavy (non-hydrogen) atoms. The van der Waals surface area contributed by atoms with Crippen molar-refractivity contribution in [1.29, 1.82) is 0 Å². The summed E-state index contributed by atoms with van der Waals surface area (Å²) in [5.41, 5.74) is 1.01. The molecule has 0 fully saturated rings. The number of fused-ring (bicyclic) bond motifs is 1. The van der Waals surface area contributed by atoms with E-state index in [-0.39, 0.29) is 29.2 Å². The lowest BCUT2D eigenvalue weighted by atomic mass is 10.1. The summed E-state index contributed by atoms with van der Waals surface area (Å²) in [5, 5.41) is 9.67. The number of halogens is 4. The molecule has 3 heterocycles. The first-order valence-corrected chi connectivity index (χ1v) is 8.82. The molecule has 6 nitrogen and oxygen atoms in total. The first kappa shape index (κ1) is 18.4. The van der Waals surface area contributed by atoms with Gasteiger partial charge in [-0.15, -0.1) is 0 Å². The van der Waals surface area contributed by atoms with Crippen molar-refractivity contribution in [2.45, 2.75) is 13.3 Å². The highest BCUT2D eigenvalue weighted by molar-refractivity contribution is 9.10. The number of imidazole rings is 1. The van der Waals surface area contributed by atoms with E-state index in [1.165, 1.54) is 13.1 Å². The van der Waals surface area contributed by atoms with Crippen molar-refractivity contribution in [2.75, 3.05) is 0 Å². The molecule has 0 bridgehead atoms. The van der Waals surface area contributed by atoms with Gasteiger partial charge in [0.1, 0.15) is 21.9 Å². The molecule has 0 aliphatic heterocycles. The number of aromatic nitrogens is 5. The van der Waals surface area contributed by atoms with Gasteiger partial charge >= 0.3 is 0 Å². The van der Waals surface area contributed by atoms with E-state index in [9.17, 15) is 18.3 Å². The van der Waals surface area contributed by atoms with Gasteiger partial charge in [0.15, 0.2) is 11.5 Å². The summed E-state index contributed by atoms with van der Waals surface area (Å²) in [5.74, 6) is -2.89. The van der Waals surface area contributed by atoms with Crippen LogP contribution >= 0.6 is 15.9 Å². The van der Waals surface area contributed by atoms with E-state index in [2.05, 4.69) is 35.9 Å². The van der Waals surface area contributed by atoms with Crippen molar-refractivity contribution in [3.8, 4) is 17.4 Å². The van der Waals surface area contributed by atoms with E-state index in [0.717, 1.165) is 18.2 Å². The Labute approximate surface area is 164 Å². The standard InChI is InChI=1S/C18H11BrF3N5O/c1-8-15(22)18(28)26-16(24-8)13-7-27-14(19)6-23-17(27)12(25-13)5-9-4-10(20)2-3-11(9)21/h2-4,6-7H,5H2,1H3,(H,24,26,28). The average molecular weight is 450 g/mol. The summed E-state index contributed by atoms with van der Waals surface area (Å²) in [6.07, 6.45) is 3.03. The molecule has 0 aliphatic rings. The van der Waals surface area contributed by atoms with E-state index in [0.29, 0.717) is 15.9 Å². The van der Waals surface area contributed by atoms with Crippen LogP contribution in [0.3, 0.4) is 0 Å². The molecule has 0 radical (unpaired) electrons. The number of rotatable bonds is 3. The van der Waals surface area contributed by atoms with Crippen LogP contribution in [0.25, 0.3) is 17.2 Å². The Morgan fingerprint density at radius 3 is 2.68 bits per heavy atom. The van der Waals surface area contributed by atoms with Crippen LogP contribution in [0.5, 0.6) is 5.88 Å². The van der Waals surface area contributed by atoms with Gasteiger partial charge in [-0.2, -0.15) is 9.37 Å². The minimum Gasteiger partial charge on any atom is -0.491 e. The second kappa shape index (κ2) is 6.86. The third-order valence-electron chi connectivity index (χ3n) is 4.11. The molecule has 3 aromatic heterocycles. The molecule has 0 unspecified atom stereocenters. The quantitative estimate of drug-likeness (QED) is 0.512. The van der Waals surface area contributed by atoms with Crippen molar-refractivity contribution < 1.29 is 18.3 Å². The van der Waals surface area contributed by atoms with Gasteiger partial charge < -0.3 is 5.11 Å². The van der Waals surface area contributed by atoms with Crippen molar-refractivity contribution in [1.82, 2.24) is 24.3 Å². The van der Waals surface area contributed by atoms with Crippen LogP contribution < -0.4 is 0 Å². The van der Waals surface area contributed by atoms with Crippen LogP contribution in [0.1, 0.15) is 17.0 Å². The first-order chi connectivity index (χ1) is 13.3. The van der Waals surface area contributed by atoms with Gasteiger partial charge in [0.2, 0.25) is 5.82 Å². The molecule has 1 N–H and O–H groups in total. The van der Waals surface area contributed by atoms with Gasteiger partial charge in [0, 0.05) is 12.6 Å². The largest absolute Gasteiger partial charge is 0.491 e. The zero-order valence-corrected chi connectivity index (χ0v) is 15.9. The molecule has 4 aromatic rings. The topological polar surface area (TPSA) is 76.2 Å². The molecule has 0 atom stereocenters. The van der Waals surface area contributed by atoms with Gasteiger partial charge in [0.25, 0.3) is 5.88 Å². The van der Waals surface area contributed by atoms with Crippen LogP contribution in [0, 0.1) is 24.4 Å². The van der Waals surface area contributed by atoms with E-state index in [1.807, 2.05) is 0 Å². The predicted molar refractivity (Wildman–Crippen MR) is 97.2 cm³/mol. The molecular formula is C18H11BrF3N5O. The van der Waals surface area contributed by atoms with Gasteiger partial charge in [-0.25, -0.2) is 23.7 Å². The third kappa shape index (κ3) is 3.19. The Morgan fingerprint density at radius 2 is 1.93 bits per heavy atom. The minimum absolute atomic E-state index is 0.0140. The lowest BCUT2D eigenvalue weighted by molar-refractivity contribution is 0.406. The van der Waals surface area contributed by atoms with E-state index < -0.39 is 23.3 Å². The van der Waals surface area contributed by atoms with Crippen LogP contribution in [0.4, 0.5) is 13.2 Å². The fraction of sp³-hybridized carbons (Fsp3) is 0.111. The van der Waals surface area contributed by atoms with E-state index >= 15 is 0 Å². The number of hydrogen-bond donors (Lipinski definition) is 1. The summed E-state index contributed by atoms with van der Waals surface area (Å²) in [4.78, 5) is 16.4. The Hall–Kier alpha value is -3.01. The molecule has 0 aliphatic carbocycles. The zero-order valence-electron chi connectivity index (χ0n) is 14.3. The summed E-state index contributed by atoms with van der Waals surface area (Å²) < 4.78 is 43.5. The number of hydrogen-bond acceptors (Lipinski definition) is 5. The Kier molecular flexibility index (Phi) is 4.50. The third-order valence-corrected chi connectivity index (χ3v) is 4.70. The van der Waals surface area contributed by atoms with Crippen molar-refractivity contribution in [3.63, 3.8) is 0 Å². The van der Waals surface area contributed by atoms with Crippen LogP contribution in [-0.2, 0) is 6.42 Å². The molecule has 0 spiro atoms. The lowest BCUT2D eigenvalue weighted by Crippen LogP contribution is -2.05. The smallest absolute Gasteiger partial charge is 0.251 e. The summed E-state index contributed by atoms with van der Waals surface area (Å²) in [7, 11) is 0.